The Balaban J connectivity index is 1.92. The van der Waals surface area contributed by atoms with Crippen molar-refractivity contribution in [2.75, 3.05) is 20.1 Å². The average Bonchev–Trinajstić information content (AvgIpc) is 2.86. The minimum absolute atomic E-state index is 0.103. The third-order valence-electron chi connectivity index (χ3n) is 3.34. The van der Waals surface area contributed by atoms with Gasteiger partial charge >= 0.3 is 12.0 Å². The van der Waals surface area contributed by atoms with Crippen molar-refractivity contribution in [3.8, 4) is 0 Å². The molecule has 2 amide bonds. The molecule has 1 aromatic carbocycles. The Kier molecular flexibility index (Phi) is 4.57. The molecule has 0 saturated carbocycles. The van der Waals surface area contributed by atoms with Crippen molar-refractivity contribution >= 4 is 12.0 Å². The summed E-state index contributed by atoms with van der Waals surface area (Å²) in [6.45, 7) is 2.50. The van der Waals surface area contributed by atoms with Crippen LogP contribution < -0.4 is 10.6 Å². The predicted octanol–water partition coefficient (Wildman–Crippen LogP) is 1.02. The molecule has 0 fully saturated rings. The first-order valence-electron chi connectivity index (χ1n) is 6.64. The van der Waals surface area contributed by atoms with Crippen molar-refractivity contribution in [3.05, 3.63) is 34.9 Å². The van der Waals surface area contributed by atoms with Crippen molar-refractivity contribution in [1.82, 2.24) is 15.5 Å². The van der Waals surface area contributed by atoms with Crippen LogP contribution in [0.2, 0.25) is 0 Å². The molecule has 6 heteroatoms. The van der Waals surface area contributed by atoms with E-state index in [1.54, 1.807) is 23.1 Å². The molecule has 0 aliphatic carbocycles. The zero-order chi connectivity index (χ0) is 14.5. The highest BCUT2D eigenvalue weighted by atomic mass is 16.4. The Morgan fingerprint density at radius 2 is 2.00 bits per heavy atom. The molecule has 0 radical (unpaired) electrons. The van der Waals surface area contributed by atoms with E-state index < -0.39 is 5.97 Å². The monoisotopic (exact) mass is 277 g/mol. The number of fused-ring (bicyclic) bond motifs is 1. The van der Waals surface area contributed by atoms with Gasteiger partial charge in [-0.25, -0.2) is 9.59 Å². The van der Waals surface area contributed by atoms with E-state index in [-0.39, 0.29) is 11.6 Å². The number of carbonyl (C=O) groups excluding carboxylic acids is 1. The number of nitrogens with zero attached hydrogens (tertiary/aromatic N) is 1. The lowest BCUT2D eigenvalue weighted by Gasteiger charge is -2.16. The number of nitrogens with one attached hydrogen (secondary N) is 2. The molecule has 2 rings (SSSR count). The fourth-order valence-electron chi connectivity index (χ4n) is 2.24. The second kappa shape index (κ2) is 6.38. The number of carbonyl (C=O) groups is 2. The fourth-order valence-corrected chi connectivity index (χ4v) is 2.24. The molecule has 1 aliphatic heterocycles. The van der Waals surface area contributed by atoms with Gasteiger partial charge in [-0.3, -0.25) is 0 Å². The molecule has 0 atom stereocenters. The first-order chi connectivity index (χ1) is 9.61. The van der Waals surface area contributed by atoms with Crippen LogP contribution in [0.15, 0.2) is 18.2 Å². The maximum absolute atomic E-state index is 12.0. The summed E-state index contributed by atoms with van der Waals surface area (Å²) < 4.78 is 0. The van der Waals surface area contributed by atoms with Crippen LogP contribution in [0.3, 0.4) is 0 Å². The van der Waals surface area contributed by atoms with E-state index in [2.05, 4.69) is 10.6 Å². The van der Waals surface area contributed by atoms with Gasteiger partial charge in [0.1, 0.15) is 0 Å². The van der Waals surface area contributed by atoms with Gasteiger partial charge in [-0.05, 0) is 43.3 Å². The van der Waals surface area contributed by atoms with Gasteiger partial charge in [0.15, 0.2) is 0 Å². The number of aromatic carboxylic acids is 1. The van der Waals surface area contributed by atoms with Gasteiger partial charge in [0.05, 0.1) is 5.56 Å². The highest BCUT2D eigenvalue weighted by Crippen LogP contribution is 2.23. The number of rotatable bonds is 5. The molecule has 6 nitrogen and oxygen atoms in total. The lowest BCUT2D eigenvalue weighted by Crippen LogP contribution is -2.37. The Bertz CT molecular complexity index is 516. The zero-order valence-electron chi connectivity index (χ0n) is 11.5. The number of hydrogen-bond donors (Lipinski definition) is 3. The molecular formula is C14H19N3O3. The van der Waals surface area contributed by atoms with Gasteiger partial charge in [0, 0.05) is 19.6 Å². The largest absolute Gasteiger partial charge is 0.478 e. The molecule has 0 saturated heterocycles. The third kappa shape index (κ3) is 3.27. The Hall–Kier alpha value is -2.08. The number of carboxylic acid groups (broad SMARTS) is 1. The van der Waals surface area contributed by atoms with Crippen LogP contribution >= 0.6 is 0 Å². The van der Waals surface area contributed by atoms with E-state index in [4.69, 9.17) is 5.11 Å². The molecule has 20 heavy (non-hydrogen) atoms. The van der Waals surface area contributed by atoms with Gasteiger partial charge in [0.2, 0.25) is 0 Å². The van der Waals surface area contributed by atoms with Crippen LogP contribution in [0.4, 0.5) is 4.79 Å². The van der Waals surface area contributed by atoms with Gasteiger partial charge in [-0.1, -0.05) is 6.07 Å². The number of amides is 2. The van der Waals surface area contributed by atoms with Crippen LogP contribution in [-0.2, 0) is 13.1 Å². The normalized spacial score (nSPS) is 13.2. The van der Waals surface area contributed by atoms with Gasteiger partial charge < -0.3 is 20.6 Å². The van der Waals surface area contributed by atoms with Gasteiger partial charge in [0.25, 0.3) is 0 Å². The Labute approximate surface area is 117 Å². The standard InChI is InChI=1S/C14H19N3O3/c1-15-5-2-6-16-14(20)17-8-11-4-3-10(13(18)19)7-12(11)9-17/h3-4,7,15H,2,5-6,8-9H2,1H3,(H,16,20)(H,18,19). The summed E-state index contributed by atoms with van der Waals surface area (Å²) in [5.41, 5.74) is 2.19. The summed E-state index contributed by atoms with van der Waals surface area (Å²) in [5.74, 6) is -0.942. The second-order valence-electron chi connectivity index (χ2n) is 4.83. The van der Waals surface area contributed by atoms with Crippen LogP contribution in [0, 0.1) is 0 Å². The van der Waals surface area contributed by atoms with E-state index in [1.165, 1.54) is 0 Å². The molecule has 108 valence electrons. The summed E-state index contributed by atoms with van der Waals surface area (Å²) in [6, 6.07) is 4.91. The molecule has 1 aliphatic rings. The molecule has 3 N–H and O–H groups in total. The molecular weight excluding hydrogens is 258 g/mol. The van der Waals surface area contributed by atoms with E-state index >= 15 is 0 Å². The minimum Gasteiger partial charge on any atom is -0.478 e. The number of hydrogen-bond acceptors (Lipinski definition) is 3. The number of carboxylic acids is 1. The lowest BCUT2D eigenvalue weighted by molar-refractivity contribution is 0.0696. The first kappa shape index (κ1) is 14.3. The predicted molar refractivity (Wildman–Crippen MR) is 74.6 cm³/mol. The van der Waals surface area contributed by atoms with Crippen LogP contribution in [0.1, 0.15) is 27.9 Å². The Morgan fingerprint density at radius 1 is 1.25 bits per heavy atom. The van der Waals surface area contributed by atoms with Crippen molar-refractivity contribution in [2.45, 2.75) is 19.5 Å². The van der Waals surface area contributed by atoms with Crippen molar-refractivity contribution in [3.63, 3.8) is 0 Å². The van der Waals surface area contributed by atoms with E-state index in [0.717, 1.165) is 24.1 Å². The van der Waals surface area contributed by atoms with Crippen LogP contribution in [-0.4, -0.2) is 42.1 Å². The molecule has 0 unspecified atom stereocenters. The fraction of sp³-hybridized carbons (Fsp3) is 0.429. The summed E-state index contributed by atoms with van der Waals surface area (Å²) in [4.78, 5) is 24.6. The lowest BCUT2D eigenvalue weighted by atomic mass is 10.1. The quantitative estimate of drug-likeness (QED) is 0.702. The van der Waals surface area contributed by atoms with E-state index in [9.17, 15) is 9.59 Å². The first-order valence-corrected chi connectivity index (χ1v) is 6.64. The van der Waals surface area contributed by atoms with Crippen molar-refractivity contribution < 1.29 is 14.7 Å². The topological polar surface area (TPSA) is 81.7 Å². The van der Waals surface area contributed by atoms with E-state index in [1.807, 2.05) is 7.05 Å². The van der Waals surface area contributed by atoms with Crippen LogP contribution in [0.25, 0.3) is 0 Å². The van der Waals surface area contributed by atoms with Crippen molar-refractivity contribution in [2.24, 2.45) is 0 Å². The van der Waals surface area contributed by atoms with Gasteiger partial charge in [-0.15, -0.1) is 0 Å². The minimum atomic E-state index is -0.942. The third-order valence-corrected chi connectivity index (χ3v) is 3.34. The van der Waals surface area contributed by atoms with Crippen LogP contribution in [0.5, 0.6) is 0 Å². The molecule has 1 aromatic rings. The smallest absolute Gasteiger partial charge is 0.335 e. The molecule has 0 bridgehead atoms. The van der Waals surface area contributed by atoms with Gasteiger partial charge in [-0.2, -0.15) is 0 Å². The molecule has 0 aromatic heterocycles. The summed E-state index contributed by atoms with van der Waals surface area (Å²) in [5, 5.41) is 14.8. The summed E-state index contributed by atoms with van der Waals surface area (Å²) >= 11 is 0. The maximum Gasteiger partial charge on any atom is 0.335 e. The van der Waals surface area contributed by atoms with Crippen molar-refractivity contribution in [1.29, 1.82) is 0 Å². The number of benzene rings is 1. The number of urea groups is 1. The summed E-state index contributed by atoms with van der Waals surface area (Å²) in [6.07, 6.45) is 0.881. The average molecular weight is 277 g/mol. The highest BCUT2D eigenvalue weighted by molar-refractivity contribution is 5.88. The molecule has 0 spiro atoms. The summed E-state index contributed by atoms with van der Waals surface area (Å²) in [7, 11) is 1.87. The second-order valence-corrected chi connectivity index (χ2v) is 4.83. The van der Waals surface area contributed by atoms with E-state index in [0.29, 0.717) is 19.6 Å². The Morgan fingerprint density at radius 3 is 2.70 bits per heavy atom. The zero-order valence-corrected chi connectivity index (χ0v) is 11.5. The maximum atomic E-state index is 12.0. The SMILES string of the molecule is CNCCCNC(=O)N1Cc2ccc(C(=O)O)cc2C1. The highest BCUT2D eigenvalue weighted by Gasteiger charge is 2.23. The molecule has 1 heterocycles.